The van der Waals surface area contributed by atoms with E-state index in [0.29, 0.717) is 18.7 Å². The number of nitrogens with zero attached hydrogens (tertiary/aromatic N) is 1. The van der Waals surface area contributed by atoms with Crippen LogP contribution in [0.15, 0.2) is 23.1 Å². The van der Waals surface area contributed by atoms with Gasteiger partial charge in [-0.2, -0.15) is 0 Å². The smallest absolute Gasteiger partial charge is 0.334 e. The highest BCUT2D eigenvalue weighted by atomic mass is 32.2. The summed E-state index contributed by atoms with van der Waals surface area (Å²) in [4.78, 5) is 26.1. The first-order valence-corrected chi connectivity index (χ1v) is 8.71. The van der Waals surface area contributed by atoms with Crippen molar-refractivity contribution in [3.05, 3.63) is 29.3 Å². The van der Waals surface area contributed by atoms with Crippen LogP contribution in [0.3, 0.4) is 0 Å². The molecule has 126 valence electrons. The summed E-state index contributed by atoms with van der Waals surface area (Å²) >= 11 is 1.65. The van der Waals surface area contributed by atoms with Crippen molar-refractivity contribution in [2.75, 3.05) is 18.8 Å². The lowest BCUT2D eigenvalue weighted by Gasteiger charge is -2.35. The number of aryl methyl sites for hydroxylation is 2. The molecule has 1 amide bonds. The van der Waals surface area contributed by atoms with E-state index in [0.717, 1.165) is 4.90 Å². The summed E-state index contributed by atoms with van der Waals surface area (Å²) in [6.07, 6.45) is -0.771. The van der Waals surface area contributed by atoms with Crippen LogP contribution in [0, 0.1) is 13.8 Å². The maximum Gasteiger partial charge on any atom is 0.334 e. The SMILES string of the molecule is Cc1ccc(SCCC(=O)N2CC(C(=O)O)O[C@H](C)C2)cc1C. The Balaban J connectivity index is 1.84. The second kappa shape index (κ2) is 7.84. The number of amides is 1. The first-order chi connectivity index (χ1) is 10.9. The maximum atomic E-state index is 12.3. The van der Waals surface area contributed by atoms with E-state index in [1.54, 1.807) is 23.6 Å². The highest BCUT2D eigenvalue weighted by Crippen LogP contribution is 2.22. The minimum atomic E-state index is -1.01. The largest absolute Gasteiger partial charge is 0.479 e. The highest BCUT2D eigenvalue weighted by molar-refractivity contribution is 7.99. The van der Waals surface area contributed by atoms with E-state index < -0.39 is 12.1 Å². The topological polar surface area (TPSA) is 66.8 Å². The Labute approximate surface area is 141 Å². The molecule has 0 saturated carbocycles. The van der Waals surface area contributed by atoms with Crippen LogP contribution in [0.25, 0.3) is 0 Å². The highest BCUT2D eigenvalue weighted by Gasteiger charge is 2.32. The van der Waals surface area contributed by atoms with Gasteiger partial charge in [0.1, 0.15) is 0 Å². The molecule has 2 atom stereocenters. The van der Waals surface area contributed by atoms with Gasteiger partial charge in [0.15, 0.2) is 6.10 Å². The summed E-state index contributed by atoms with van der Waals surface area (Å²) < 4.78 is 5.33. The molecule has 2 rings (SSSR count). The average molecular weight is 337 g/mol. The van der Waals surface area contributed by atoms with Crippen LogP contribution in [0.4, 0.5) is 0 Å². The molecule has 1 aliphatic heterocycles. The predicted octanol–water partition coefficient (Wildman–Crippen LogP) is 2.49. The maximum absolute atomic E-state index is 12.3. The number of thioether (sulfide) groups is 1. The van der Waals surface area contributed by atoms with Gasteiger partial charge in [0.05, 0.1) is 12.6 Å². The molecular formula is C17H23NO4S. The standard InChI is InChI=1S/C17H23NO4S/c1-11-4-5-14(8-12(11)2)23-7-6-16(19)18-9-13(3)22-15(10-18)17(20)21/h4-5,8,13,15H,6-7,9-10H2,1-3H3,(H,20,21)/t13-,15?/m1/s1. The normalized spacial score (nSPS) is 21.3. The fraction of sp³-hybridized carbons (Fsp3) is 0.529. The third-order valence-electron chi connectivity index (χ3n) is 3.95. The Morgan fingerprint density at radius 2 is 2.04 bits per heavy atom. The Kier molecular flexibility index (Phi) is 6.07. The summed E-state index contributed by atoms with van der Waals surface area (Å²) in [5.74, 6) is -0.341. The molecule has 1 saturated heterocycles. The molecule has 0 bridgehead atoms. The molecule has 0 radical (unpaired) electrons. The fourth-order valence-electron chi connectivity index (χ4n) is 2.51. The van der Waals surface area contributed by atoms with Crippen LogP contribution < -0.4 is 0 Å². The molecule has 1 aromatic rings. The van der Waals surface area contributed by atoms with Gasteiger partial charge in [0.25, 0.3) is 0 Å². The molecular weight excluding hydrogens is 314 g/mol. The van der Waals surface area contributed by atoms with Crippen LogP contribution >= 0.6 is 11.8 Å². The Hall–Kier alpha value is -1.53. The molecule has 1 N–H and O–H groups in total. The van der Waals surface area contributed by atoms with E-state index >= 15 is 0 Å². The lowest BCUT2D eigenvalue weighted by Crippen LogP contribution is -2.51. The van der Waals surface area contributed by atoms with Crippen molar-refractivity contribution in [1.82, 2.24) is 4.90 Å². The number of carboxylic acids is 1. The van der Waals surface area contributed by atoms with Crippen LogP contribution in [-0.4, -0.2) is 52.9 Å². The molecule has 1 unspecified atom stereocenters. The third kappa shape index (κ3) is 4.97. The zero-order valence-corrected chi connectivity index (χ0v) is 14.6. The minimum Gasteiger partial charge on any atom is -0.479 e. The number of aliphatic carboxylic acids is 1. The van der Waals surface area contributed by atoms with Gasteiger partial charge >= 0.3 is 5.97 Å². The molecule has 1 fully saturated rings. The van der Waals surface area contributed by atoms with Gasteiger partial charge in [-0.05, 0) is 44.0 Å². The van der Waals surface area contributed by atoms with E-state index in [1.807, 2.05) is 0 Å². The van der Waals surface area contributed by atoms with E-state index in [-0.39, 0.29) is 18.6 Å². The van der Waals surface area contributed by atoms with Crippen molar-refractivity contribution in [1.29, 1.82) is 0 Å². The van der Waals surface area contributed by atoms with E-state index in [4.69, 9.17) is 9.84 Å². The minimum absolute atomic E-state index is 0.0114. The van der Waals surface area contributed by atoms with Crippen molar-refractivity contribution in [2.24, 2.45) is 0 Å². The first-order valence-electron chi connectivity index (χ1n) is 7.73. The van der Waals surface area contributed by atoms with E-state index in [9.17, 15) is 9.59 Å². The van der Waals surface area contributed by atoms with Crippen LogP contribution in [0.2, 0.25) is 0 Å². The van der Waals surface area contributed by atoms with Crippen molar-refractivity contribution in [3.8, 4) is 0 Å². The molecule has 1 aromatic carbocycles. The summed E-state index contributed by atoms with van der Waals surface area (Å²) in [5, 5.41) is 9.06. The lowest BCUT2D eigenvalue weighted by atomic mass is 10.1. The van der Waals surface area contributed by atoms with Gasteiger partial charge in [-0.25, -0.2) is 4.79 Å². The summed E-state index contributed by atoms with van der Waals surface area (Å²) in [6.45, 7) is 6.53. The molecule has 1 aliphatic rings. The summed E-state index contributed by atoms with van der Waals surface area (Å²) in [5.41, 5.74) is 2.50. The van der Waals surface area contributed by atoms with E-state index in [1.165, 1.54) is 11.1 Å². The number of rotatable bonds is 5. The van der Waals surface area contributed by atoms with Crippen LogP contribution in [0.5, 0.6) is 0 Å². The van der Waals surface area contributed by atoms with Crippen molar-refractivity contribution in [3.63, 3.8) is 0 Å². The fourth-order valence-corrected chi connectivity index (χ4v) is 3.45. The number of ether oxygens (including phenoxy) is 1. The van der Waals surface area contributed by atoms with Crippen molar-refractivity contribution >= 4 is 23.6 Å². The number of carboxylic acid groups (broad SMARTS) is 1. The molecule has 1 heterocycles. The van der Waals surface area contributed by atoms with Gasteiger partial charge in [0, 0.05) is 23.6 Å². The molecule has 5 nitrogen and oxygen atoms in total. The quantitative estimate of drug-likeness (QED) is 0.836. The van der Waals surface area contributed by atoms with Gasteiger partial charge in [-0.15, -0.1) is 11.8 Å². The molecule has 0 aliphatic carbocycles. The number of carbonyl (C=O) groups excluding carboxylic acids is 1. The zero-order chi connectivity index (χ0) is 17.0. The Morgan fingerprint density at radius 3 is 2.70 bits per heavy atom. The van der Waals surface area contributed by atoms with Crippen LogP contribution in [0.1, 0.15) is 24.5 Å². The second-order valence-electron chi connectivity index (χ2n) is 5.92. The lowest BCUT2D eigenvalue weighted by molar-refractivity contribution is -0.166. The number of hydrogen-bond donors (Lipinski definition) is 1. The van der Waals surface area contributed by atoms with Crippen LogP contribution in [-0.2, 0) is 14.3 Å². The number of morpholine rings is 1. The average Bonchev–Trinajstić information content (AvgIpc) is 2.50. The molecule has 6 heteroatoms. The molecule has 0 aromatic heterocycles. The van der Waals surface area contributed by atoms with E-state index in [2.05, 4.69) is 32.0 Å². The zero-order valence-electron chi connectivity index (χ0n) is 13.7. The Bertz CT molecular complexity index is 590. The molecule has 23 heavy (non-hydrogen) atoms. The van der Waals surface area contributed by atoms with Gasteiger partial charge in [-0.1, -0.05) is 6.07 Å². The predicted molar refractivity (Wildman–Crippen MR) is 89.8 cm³/mol. The van der Waals surface area contributed by atoms with Gasteiger partial charge in [0.2, 0.25) is 5.91 Å². The second-order valence-corrected chi connectivity index (χ2v) is 7.09. The summed E-state index contributed by atoms with van der Waals surface area (Å²) in [6, 6.07) is 6.27. The van der Waals surface area contributed by atoms with Gasteiger partial charge < -0.3 is 14.7 Å². The summed E-state index contributed by atoms with van der Waals surface area (Å²) in [7, 11) is 0. The monoisotopic (exact) mass is 337 g/mol. The van der Waals surface area contributed by atoms with Crippen molar-refractivity contribution in [2.45, 2.75) is 44.3 Å². The number of benzene rings is 1. The van der Waals surface area contributed by atoms with Crippen molar-refractivity contribution < 1.29 is 19.4 Å². The number of carbonyl (C=O) groups is 2. The number of hydrogen-bond acceptors (Lipinski definition) is 4. The molecule has 0 spiro atoms. The third-order valence-corrected chi connectivity index (χ3v) is 4.95. The van der Waals surface area contributed by atoms with Gasteiger partial charge in [-0.3, -0.25) is 4.79 Å². The first kappa shape index (κ1) is 17.8. The Morgan fingerprint density at radius 1 is 1.30 bits per heavy atom.